The molecule has 136 valence electrons. The number of hydrogen-bond donors (Lipinski definition) is 1. The number of nitrogens with zero attached hydrogens (tertiary/aromatic N) is 1. The van der Waals surface area contributed by atoms with Gasteiger partial charge in [-0.05, 0) is 25.5 Å². The SMILES string of the molecule is CCCCCCCCCCN[C@@H](C)c1ccc(OC2COC2)nc1. The molecule has 1 aliphatic rings. The molecule has 1 saturated heterocycles. The zero-order valence-electron chi connectivity index (χ0n) is 15.4. The second kappa shape index (κ2) is 11.4. The van der Waals surface area contributed by atoms with E-state index in [-0.39, 0.29) is 6.10 Å². The quantitative estimate of drug-likeness (QED) is 0.533. The van der Waals surface area contributed by atoms with Crippen LogP contribution in [0.4, 0.5) is 0 Å². The summed E-state index contributed by atoms with van der Waals surface area (Å²) in [4.78, 5) is 4.40. The smallest absolute Gasteiger partial charge is 0.213 e. The minimum absolute atomic E-state index is 0.181. The maximum atomic E-state index is 5.69. The zero-order valence-corrected chi connectivity index (χ0v) is 15.4. The number of ether oxygens (including phenoxy) is 2. The second-order valence-electron chi connectivity index (χ2n) is 6.86. The number of rotatable bonds is 13. The zero-order chi connectivity index (χ0) is 17.0. The van der Waals surface area contributed by atoms with Gasteiger partial charge in [0.25, 0.3) is 0 Å². The summed E-state index contributed by atoms with van der Waals surface area (Å²) in [6.45, 7) is 6.90. The van der Waals surface area contributed by atoms with E-state index in [1.165, 1.54) is 56.9 Å². The topological polar surface area (TPSA) is 43.4 Å². The van der Waals surface area contributed by atoms with Gasteiger partial charge in [0, 0.05) is 18.3 Å². The highest BCUT2D eigenvalue weighted by atomic mass is 16.6. The Balaban J connectivity index is 1.52. The molecule has 1 aromatic rings. The molecule has 24 heavy (non-hydrogen) atoms. The Morgan fingerprint density at radius 2 is 1.83 bits per heavy atom. The van der Waals surface area contributed by atoms with Gasteiger partial charge in [0.2, 0.25) is 5.88 Å². The summed E-state index contributed by atoms with van der Waals surface area (Å²) in [5.41, 5.74) is 1.21. The molecule has 1 atom stereocenters. The number of aromatic nitrogens is 1. The second-order valence-corrected chi connectivity index (χ2v) is 6.86. The predicted molar refractivity (Wildman–Crippen MR) is 98.5 cm³/mol. The molecule has 4 nitrogen and oxygen atoms in total. The van der Waals surface area contributed by atoms with Crippen LogP contribution >= 0.6 is 0 Å². The normalized spacial score (nSPS) is 15.9. The summed E-state index contributed by atoms with van der Waals surface area (Å²) in [5, 5.41) is 3.59. The van der Waals surface area contributed by atoms with Crippen LogP contribution in [-0.4, -0.2) is 30.8 Å². The van der Waals surface area contributed by atoms with Crippen molar-refractivity contribution >= 4 is 0 Å². The fraction of sp³-hybridized carbons (Fsp3) is 0.750. The molecular weight excluding hydrogens is 300 g/mol. The summed E-state index contributed by atoms with van der Waals surface area (Å²) < 4.78 is 10.8. The van der Waals surface area contributed by atoms with Crippen LogP contribution in [0, 0.1) is 0 Å². The van der Waals surface area contributed by atoms with Crippen molar-refractivity contribution < 1.29 is 9.47 Å². The average Bonchev–Trinajstić information content (AvgIpc) is 2.57. The van der Waals surface area contributed by atoms with Crippen LogP contribution in [-0.2, 0) is 4.74 Å². The molecule has 1 aromatic heterocycles. The molecule has 0 aromatic carbocycles. The molecule has 0 amide bonds. The third-order valence-corrected chi connectivity index (χ3v) is 4.63. The summed E-state index contributed by atoms with van der Waals surface area (Å²) >= 11 is 0. The molecular formula is C20H34N2O2. The van der Waals surface area contributed by atoms with Crippen LogP contribution in [0.5, 0.6) is 5.88 Å². The molecule has 0 saturated carbocycles. The number of pyridine rings is 1. The minimum Gasteiger partial charge on any atom is -0.469 e. The Morgan fingerprint density at radius 3 is 2.42 bits per heavy atom. The summed E-state index contributed by atoms with van der Waals surface area (Å²) in [6, 6.07) is 4.40. The van der Waals surface area contributed by atoms with Crippen LogP contribution in [0.15, 0.2) is 18.3 Å². The Morgan fingerprint density at radius 1 is 1.12 bits per heavy atom. The Hall–Kier alpha value is -1.13. The summed E-state index contributed by atoms with van der Waals surface area (Å²) in [7, 11) is 0. The van der Waals surface area contributed by atoms with Crippen LogP contribution in [0.2, 0.25) is 0 Å². The van der Waals surface area contributed by atoms with Gasteiger partial charge in [-0.15, -0.1) is 0 Å². The molecule has 2 rings (SSSR count). The van der Waals surface area contributed by atoms with E-state index in [4.69, 9.17) is 9.47 Å². The van der Waals surface area contributed by atoms with Crippen molar-refractivity contribution in [2.24, 2.45) is 0 Å². The molecule has 1 aliphatic heterocycles. The number of unbranched alkanes of at least 4 members (excludes halogenated alkanes) is 7. The number of hydrogen-bond acceptors (Lipinski definition) is 4. The Bertz CT molecular complexity index is 432. The Labute approximate surface area is 147 Å². The maximum absolute atomic E-state index is 5.69. The van der Waals surface area contributed by atoms with Crippen molar-refractivity contribution in [2.75, 3.05) is 19.8 Å². The van der Waals surface area contributed by atoms with Gasteiger partial charge in [0.15, 0.2) is 0 Å². The van der Waals surface area contributed by atoms with Crippen molar-refractivity contribution in [1.82, 2.24) is 10.3 Å². The van der Waals surface area contributed by atoms with Crippen molar-refractivity contribution in [2.45, 2.75) is 77.4 Å². The van der Waals surface area contributed by atoms with Crippen LogP contribution < -0.4 is 10.1 Å². The molecule has 0 bridgehead atoms. The minimum atomic E-state index is 0.181. The largest absolute Gasteiger partial charge is 0.469 e. The fourth-order valence-electron chi connectivity index (χ4n) is 2.87. The third-order valence-electron chi connectivity index (χ3n) is 4.63. The van der Waals surface area contributed by atoms with E-state index in [2.05, 4.69) is 30.2 Å². The van der Waals surface area contributed by atoms with Gasteiger partial charge in [-0.25, -0.2) is 4.98 Å². The molecule has 2 heterocycles. The van der Waals surface area contributed by atoms with Crippen LogP contribution in [0.3, 0.4) is 0 Å². The maximum Gasteiger partial charge on any atom is 0.213 e. The first-order valence-corrected chi connectivity index (χ1v) is 9.73. The molecule has 0 unspecified atom stereocenters. The summed E-state index contributed by atoms with van der Waals surface area (Å²) in [5.74, 6) is 0.697. The van der Waals surface area contributed by atoms with Gasteiger partial charge in [-0.3, -0.25) is 0 Å². The highest BCUT2D eigenvalue weighted by molar-refractivity contribution is 5.20. The first-order chi connectivity index (χ1) is 11.8. The standard InChI is InChI=1S/C20H34N2O2/c1-3-4-5-6-7-8-9-10-13-21-17(2)18-11-12-20(22-14-18)24-19-15-23-16-19/h11-12,14,17,19,21H,3-10,13,15-16H2,1-2H3/t17-/m0/s1. The van der Waals surface area contributed by atoms with E-state index in [0.717, 1.165) is 6.54 Å². The molecule has 0 radical (unpaired) electrons. The van der Waals surface area contributed by atoms with E-state index in [0.29, 0.717) is 25.1 Å². The number of nitrogens with one attached hydrogen (secondary N) is 1. The Kier molecular flexibility index (Phi) is 9.14. The van der Waals surface area contributed by atoms with Gasteiger partial charge < -0.3 is 14.8 Å². The van der Waals surface area contributed by atoms with E-state index in [9.17, 15) is 0 Å². The van der Waals surface area contributed by atoms with E-state index < -0.39 is 0 Å². The molecule has 4 heteroatoms. The van der Waals surface area contributed by atoms with Crippen molar-refractivity contribution in [3.63, 3.8) is 0 Å². The summed E-state index contributed by atoms with van der Waals surface area (Å²) in [6.07, 6.45) is 13.0. The lowest BCUT2D eigenvalue weighted by Crippen LogP contribution is -2.38. The van der Waals surface area contributed by atoms with Gasteiger partial charge in [-0.1, -0.05) is 57.9 Å². The first kappa shape index (κ1) is 19.2. The van der Waals surface area contributed by atoms with Crippen LogP contribution in [0.1, 0.15) is 76.8 Å². The fourth-order valence-corrected chi connectivity index (χ4v) is 2.87. The molecule has 0 spiro atoms. The average molecular weight is 335 g/mol. The molecule has 1 N–H and O–H groups in total. The predicted octanol–water partition coefficient (Wildman–Crippen LogP) is 4.65. The van der Waals surface area contributed by atoms with E-state index in [1.807, 2.05) is 12.3 Å². The lowest BCUT2D eigenvalue weighted by atomic mass is 10.1. The lowest BCUT2D eigenvalue weighted by molar-refractivity contribution is -0.0813. The molecule has 0 aliphatic carbocycles. The van der Waals surface area contributed by atoms with Gasteiger partial charge >= 0.3 is 0 Å². The van der Waals surface area contributed by atoms with Crippen molar-refractivity contribution in [1.29, 1.82) is 0 Å². The van der Waals surface area contributed by atoms with Gasteiger partial charge in [-0.2, -0.15) is 0 Å². The molecule has 1 fully saturated rings. The first-order valence-electron chi connectivity index (χ1n) is 9.73. The van der Waals surface area contributed by atoms with Gasteiger partial charge in [0.1, 0.15) is 6.10 Å². The van der Waals surface area contributed by atoms with E-state index >= 15 is 0 Å². The third kappa shape index (κ3) is 7.18. The highest BCUT2D eigenvalue weighted by Crippen LogP contribution is 2.17. The lowest BCUT2D eigenvalue weighted by Gasteiger charge is -2.26. The monoisotopic (exact) mass is 334 g/mol. The highest BCUT2D eigenvalue weighted by Gasteiger charge is 2.20. The van der Waals surface area contributed by atoms with Crippen molar-refractivity contribution in [3.05, 3.63) is 23.9 Å². The van der Waals surface area contributed by atoms with Crippen molar-refractivity contribution in [3.8, 4) is 5.88 Å². The van der Waals surface area contributed by atoms with Crippen LogP contribution in [0.25, 0.3) is 0 Å². The van der Waals surface area contributed by atoms with Gasteiger partial charge in [0.05, 0.1) is 13.2 Å². The van der Waals surface area contributed by atoms with E-state index in [1.54, 1.807) is 0 Å².